The van der Waals surface area contributed by atoms with Gasteiger partial charge in [0.1, 0.15) is 11.5 Å². The molecule has 2 aromatic rings. The predicted molar refractivity (Wildman–Crippen MR) is 126 cm³/mol. The number of carbonyl (C=O) groups is 2. The summed E-state index contributed by atoms with van der Waals surface area (Å²) in [6.45, 7) is 4.78. The summed E-state index contributed by atoms with van der Waals surface area (Å²) >= 11 is 0. The lowest BCUT2D eigenvalue weighted by molar-refractivity contribution is -0.384. The van der Waals surface area contributed by atoms with Crippen molar-refractivity contribution >= 4 is 23.1 Å². The van der Waals surface area contributed by atoms with Crippen LogP contribution in [0.25, 0.3) is 5.76 Å². The predicted octanol–water partition coefficient (Wildman–Crippen LogP) is 4.15. The van der Waals surface area contributed by atoms with Crippen molar-refractivity contribution in [2.75, 3.05) is 26.9 Å². The van der Waals surface area contributed by atoms with Gasteiger partial charge in [0.15, 0.2) is 0 Å². The smallest absolute Gasteiger partial charge is 0.295 e. The second-order valence-corrected chi connectivity index (χ2v) is 8.02. The Morgan fingerprint density at radius 1 is 1.15 bits per heavy atom. The van der Waals surface area contributed by atoms with E-state index in [2.05, 4.69) is 6.92 Å². The molecule has 1 saturated heterocycles. The highest BCUT2D eigenvalue weighted by atomic mass is 16.6. The third-order valence-corrected chi connectivity index (χ3v) is 5.70. The van der Waals surface area contributed by atoms with Gasteiger partial charge in [-0.15, -0.1) is 0 Å². The molecule has 1 heterocycles. The number of likely N-dealkylation sites (tertiary alicyclic amines) is 1. The Labute approximate surface area is 197 Å². The van der Waals surface area contributed by atoms with Gasteiger partial charge in [-0.1, -0.05) is 13.3 Å². The van der Waals surface area contributed by atoms with Crippen LogP contribution in [-0.2, 0) is 14.3 Å². The largest absolute Gasteiger partial charge is 0.507 e. The normalized spacial score (nSPS) is 17.3. The molecule has 1 N–H and O–H groups in total. The molecule has 0 radical (unpaired) electrons. The number of nitrogens with zero attached hydrogens (tertiary/aromatic N) is 2. The lowest BCUT2D eigenvalue weighted by Crippen LogP contribution is -2.32. The fraction of sp³-hybridized carbons (Fsp3) is 0.360. The number of ketones is 1. The molecular weight excluding hydrogens is 440 g/mol. The average Bonchev–Trinajstić information content (AvgIpc) is 3.08. The lowest BCUT2D eigenvalue weighted by atomic mass is 9.94. The van der Waals surface area contributed by atoms with Gasteiger partial charge in [-0.25, -0.2) is 0 Å². The van der Waals surface area contributed by atoms with Crippen molar-refractivity contribution in [2.45, 2.75) is 32.7 Å². The molecule has 1 aliphatic rings. The SMILES string of the molecule is CCCCOc1ccc(/C(O)=C2\C(=O)C(=O)N(CCOC)C2c2ccc([N+](=O)[O-])cc2)cc1C. The van der Waals surface area contributed by atoms with Gasteiger partial charge in [0.05, 0.1) is 29.8 Å². The Bertz CT molecular complexity index is 1110. The maximum absolute atomic E-state index is 13.0. The number of rotatable bonds is 10. The van der Waals surface area contributed by atoms with Crippen LogP contribution >= 0.6 is 0 Å². The molecule has 1 fully saturated rings. The first-order chi connectivity index (χ1) is 16.3. The first kappa shape index (κ1) is 24.9. The van der Waals surface area contributed by atoms with Crippen molar-refractivity contribution < 1.29 is 29.1 Å². The molecule has 180 valence electrons. The van der Waals surface area contributed by atoms with Crippen LogP contribution in [0, 0.1) is 17.0 Å². The second-order valence-electron chi connectivity index (χ2n) is 8.02. The zero-order chi connectivity index (χ0) is 24.8. The summed E-state index contributed by atoms with van der Waals surface area (Å²) in [7, 11) is 1.48. The molecular formula is C25H28N2O7. The number of unbranched alkanes of at least 4 members (excludes halogenated alkanes) is 1. The number of ether oxygens (including phenoxy) is 2. The van der Waals surface area contributed by atoms with Gasteiger partial charge in [0.2, 0.25) is 0 Å². The van der Waals surface area contributed by atoms with E-state index >= 15 is 0 Å². The van der Waals surface area contributed by atoms with Gasteiger partial charge in [-0.2, -0.15) is 0 Å². The summed E-state index contributed by atoms with van der Waals surface area (Å²) in [4.78, 5) is 37.7. The molecule has 2 aromatic carbocycles. The summed E-state index contributed by atoms with van der Waals surface area (Å²) < 4.78 is 10.8. The van der Waals surface area contributed by atoms with Crippen LogP contribution in [0.5, 0.6) is 5.75 Å². The summed E-state index contributed by atoms with van der Waals surface area (Å²) in [5, 5.41) is 22.2. The number of amides is 1. The van der Waals surface area contributed by atoms with Crippen molar-refractivity contribution in [3.63, 3.8) is 0 Å². The van der Waals surface area contributed by atoms with Crippen LogP contribution < -0.4 is 4.74 Å². The summed E-state index contributed by atoms with van der Waals surface area (Å²) in [5.41, 5.74) is 1.43. The first-order valence-electron chi connectivity index (χ1n) is 11.1. The van der Waals surface area contributed by atoms with Crippen LogP contribution in [-0.4, -0.2) is 53.5 Å². The van der Waals surface area contributed by atoms with Crippen molar-refractivity contribution in [2.24, 2.45) is 0 Å². The summed E-state index contributed by atoms with van der Waals surface area (Å²) in [5.74, 6) is -1.22. The van der Waals surface area contributed by atoms with E-state index in [1.165, 1.54) is 36.3 Å². The minimum atomic E-state index is -0.906. The zero-order valence-corrected chi connectivity index (χ0v) is 19.4. The maximum atomic E-state index is 13.0. The molecule has 1 atom stereocenters. The number of methoxy groups -OCH3 is 1. The Balaban J connectivity index is 2.06. The van der Waals surface area contributed by atoms with Gasteiger partial charge in [-0.3, -0.25) is 19.7 Å². The van der Waals surface area contributed by atoms with Crippen LogP contribution in [0.4, 0.5) is 5.69 Å². The van der Waals surface area contributed by atoms with Crippen LogP contribution in [0.2, 0.25) is 0 Å². The molecule has 9 nitrogen and oxygen atoms in total. The number of aliphatic hydroxyl groups is 1. The van der Waals surface area contributed by atoms with E-state index in [0.717, 1.165) is 18.4 Å². The van der Waals surface area contributed by atoms with Crippen LogP contribution in [0.1, 0.15) is 42.5 Å². The fourth-order valence-electron chi connectivity index (χ4n) is 3.87. The third kappa shape index (κ3) is 5.09. The van der Waals surface area contributed by atoms with Gasteiger partial charge in [0, 0.05) is 31.4 Å². The first-order valence-corrected chi connectivity index (χ1v) is 11.1. The van der Waals surface area contributed by atoms with E-state index < -0.39 is 22.7 Å². The topological polar surface area (TPSA) is 119 Å². The number of nitro groups is 1. The van der Waals surface area contributed by atoms with Gasteiger partial charge in [0.25, 0.3) is 17.4 Å². The van der Waals surface area contributed by atoms with Crippen LogP contribution in [0.15, 0.2) is 48.0 Å². The van der Waals surface area contributed by atoms with Crippen molar-refractivity contribution in [1.82, 2.24) is 4.90 Å². The Morgan fingerprint density at radius 3 is 2.44 bits per heavy atom. The van der Waals surface area contributed by atoms with E-state index in [0.29, 0.717) is 23.5 Å². The fourth-order valence-corrected chi connectivity index (χ4v) is 3.87. The highest BCUT2D eigenvalue weighted by Crippen LogP contribution is 2.40. The number of nitro benzene ring substituents is 1. The van der Waals surface area contributed by atoms with E-state index in [4.69, 9.17) is 9.47 Å². The van der Waals surface area contributed by atoms with Crippen molar-refractivity contribution in [3.05, 3.63) is 74.8 Å². The number of aryl methyl sites for hydroxylation is 1. The Morgan fingerprint density at radius 2 is 1.85 bits per heavy atom. The number of hydrogen-bond donors (Lipinski definition) is 1. The van der Waals surface area contributed by atoms with Gasteiger partial charge >= 0.3 is 0 Å². The number of benzene rings is 2. The van der Waals surface area contributed by atoms with Crippen molar-refractivity contribution in [1.29, 1.82) is 0 Å². The molecule has 9 heteroatoms. The van der Waals surface area contributed by atoms with E-state index in [-0.39, 0.29) is 30.2 Å². The van der Waals surface area contributed by atoms with Crippen molar-refractivity contribution in [3.8, 4) is 5.75 Å². The number of Topliss-reactive ketones (excluding diaryl/α,β-unsaturated/α-hetero) is 1. The van der Waals surface area contributed by atoms with Gasteiger partial charge < -0.3 is 19.5 Å². The zero-order valence-electron chi connectivity index (χ0n) is 19.4. The number of hydrogen-bond acceptors (Lipinski definition) is 7. The highest BCUT2D eigenvalue weighted by Gasteiger charge is 2.46. The monoisotopic (exact) mass is 468 g/mol. The quantitative estimate of drug-likeness (QED) is 0.139. The van der Waals surface area contributed by atoms with Gasteiger partial charge in [-0.05, 0) is 54.8 Å². The molecule has 1 aliphatic heterocycles. The molecule has 0 aromatic heterocycles. The molecule has 0 bridgehead atoms. The molecule has 1 unspecified atom stereocenters. The Hall–Kier alpha value is -3.72. The maximum Gasteiger partial charge on any atom is 0.295 e. The molecule has 34 heavy (non-hydrogen) atoms. The number of carbonyl (C=O) groups excluding carboxylic acids is 2. The molecule has 0 spiro atoms. The summed E-state index contributed by atoms with van der Waals surface area (Å²) in [6.07, 6.45) is 1.92. The van der Waals surface area contributed by atoms with E-state index in [1.54, 1.807) is 18.2 Å². The molecule has 3 rings (SSSR count). The second kappa shape index (κ2) is 10.9. The standard InChI is InChI=1S/C25H28N2O7/c1-4-5-13-34-20-11-8-18(15-16(20)2)23(28)21-22(17-6-9-19(10-7-17)27(31)32)26(12-14-33-3)25(30)24(21)29/h6-11,15,22,28H,4-5,12-14H2,1-3H3/b23-21+. The highest BCUT2D eigenvalue weighted by molar-refractivity contribution is 6.46. The lowest BCUT2D eigenvalue weighted by Gasteiger charge is -2.25. The molecule has 1 amide bonds. The van der Waals surface area contributed by atoms with E-state index in [9.17, 15) is 24.8 Å². The third-order valence-electron chi connectivity index (χ3n) is 5.70. The van der Waals surface area contributed by atoms with Crippen LogP contribution in [0.3, 0.4) is 0 Å². The van der Waals surface area contributed by atoms with E-state index in [1.807, 2.05) is 6.92 Å². The molecule has 0 aliphatic carbocycles. The number of aliphatic hydroxyl groups excluding tert-OH is 1. The average molecular weight is 469 g/mol. The minimum Gasteiger partial charge on any atom is -0.507 e. The summed E-state index contributed by atoms with van der Waals surface area (Å²) in [6, 6.07) is 9.73. The Kier molecular flexibility index (Phi) is 8.01. The molecule has 0 saturated carbocycles. The minimum absolute atomic E-state index is 0.0750. The number of non-ortho nitro benzene ring substituents is 1.